The van der Waals surface area contributed by atoms with E-state index in [0.717, 1.165) is 22.9 Å². The van der Waals surface area contributed by atoms with E-state index in [4.69, 9.17) is 4.74 Å². The number of ether oxygens (including phenoxy) is 1. The van der Waals surface area contributed by atoms with E-state index in [0.29, 0.717) is 12.5 Å². The van der Waals surface area contributed by atoms with Crippen molar-refractivity contribution in [2.45, 2.75) is 39.5 Å². The van der Waals surface area contributed by atoms with E-state index in [9.17, 15) is 4.79 Å². The Labute approximate surface area is 130 Å². The fraction of sp³-hybridized carbons (Fsp3) is 0.471. The van der Waals surface area contributed by atoms with Crippen LogP contribution in [-0.2, 0) is 9.53 Å². The van der Waals surface area contributed by atoms with Gasteiger partial charge < -0.3 is 4.74 Å². The Morgan fingerprint density at radius 1 is 1.30 bits per heavy atom. The highest BCUT2D eigenvalue weighted by molar-refractivity contribution is 9.10. The van der Waals surface area contributed by atoms with Gasteiger partial charge in [-0.1, -0.05) is 61.2 Å². The van der Waals surface area contributed by atoms with Gasteiger partial charge >= 0.3 is 5.97 Å². The quantitative estimate of drug-likeness (QED) is 0.479. The van der Waals surface area contributed by atoms with Crippen LogP contribution >= 0.6 is 15.9 Å². The third-order valence-corrected chi connectivity index (χ3v) is 3.82. The molecule has 0 saturated heterocycles. The van der Waals surface area contributed by atoms with Gasteiger partial charge in [-0.25, -0.2) is 4.79 Å². The van der Waals surface area contributed by atoms with Crippen molar-refractivity contribution in [1.29, 1.82) is 0 Å². The van der Waals surface area contributed by atoms with E-state index in [2.05, 4.69) is 29.8 Å². The molecule has 0 fully saturated rings. The molecule has 0 radical (unpaired) electrons. The normalized spacial score (nSPS) is 12.6. The predicted molar refractivity (Wildman–Crippen MR) is 87.4 cm³/mol. The Morgan fingerprint density at radius 3 is 2.60 bits per heavy atom. The predicted octanol–water partition coefficient (Wildman–Crippen LogP) is 5.22. The SMILES string of the molecule is CCCCC(CC)COC(=O)C=Cc1ccc(Br)cc1. The Morgan fingerprint density at radius 2 is 2.00 bits per heavy atom. The van der Waals surface area contributed by atoms with Crippen LogP contribution in [0.2, 0.25) is 0 Å². The van der Waals surface area contributed by atoms with Crippen LogP contribution < -0.4 is 0 Å². The Kier molecular flexibility index (Phi) is 8.28. The second-order valence-corrected chi connectivity index (χ2v) is 5.85. The fourth-order valence-corrected chi connectivity index (χ4v) is 2.15. The van der Waals surface area contributed by atoms with E-state index in [1.165, 1.54) is 18.9 Å². The Hall–Kier alpha value is -1.09. The molecule has 0 aliphatic heterocycles. The lowest BCUT2D eigenvalue weighted by Crippen LogP contribution is -2.12. The van der Waals surface area contributed by atoms with Crippen molar-refractivity contribution in [2.75, 3.05) is 6.61 Å². The average Bonchev–Trinajstić information content (AvgIpc) is 2.47. The maximum atomic E-state index is 11.7. The summed E-state index contributed by atoms with van der Waals surface area (Å²) in [6.45, 7) is 4.85. The lowest BCUT2D eigenvalue weighted by molar-refractivity contribution is -0.139. The molecule has 0 bridgehead atoms. The molecule has 0 N–H and O–H groups in total. The van der Waals surface area contributed by atoms with Gasteiger partial charge in [0.05, 0.1) is 6.61 Å². The smallest absolute Gasteiger partial charge is 0.330 e. The van der Waals surface area contributed by atoms with Crippen molar-refractivity contribution < 1.29 is 9.53 Å². The molecule has 0 spiro atoms. The summed E-state index contributed by atoms with van der Waals surface area (Å²) >= 11 is 3.38. The minimum absolute atomic E-state index is 0.261. The number of hydrogen-bond donors (Lipinski definition) is 0. The van der Waals surface area contributed by atoms with Gasteiger partial charge in [0.2, 0.25) is 0 Å². The molecule has 3 heteroatoms. The van der Waals surface area contributed by atoms with E-state index < -0.39 is 0 Å². The maximum Gasteiger partial charge on any atom is 0.330 e. The molecule has 1 rings (SSSR count). The lowest BCUT2D eigenvalue weighted by atomic mass is 10.0. The number of esters is 1. The molecule has 0 amide bonds. The second-order valence-electron chi connectivity index (χ2n) is 4.93. The number of unbranched alkanes of at least 4 members (excludes halogenated alkanes) is 1. The third-order valence-electron chi connectivity index (χ3n) is 3.29. The molecule has 1 unspecified atom stereocenters. The van der Waals surface area contributed by atoms with Crippen LogP contribution in [0.1, 0.15) is 45.1 Å². The summed E-state index contributed by atoms with van der Waals surface area (Å²) in [5.74, 6) is 0.225. The highest BCUT2D eigenvalue weighted by Gasteiger charge is 2.08. The molecule has 2 nitrogen and oxygen atoms in total. The fourth-order valence-electron chi connectivity index (χ4n) is 1.88. The summed E-state index contributed by atoms with van der Waals surface area (Å²) in [7, 11) is 0. The second kappa shape index (κ2) is 9.76. The third kappa shape index (κ3) is 6.90. The van der Waals surface area contributed by atoms with Gasteiger partial charge in [0.25, 0.3) is 0 Å². The molecule has 0 aliphatic carbocycles. The van der Waals surface area contributed by atoms with Crippen LogP contribution in [0.5, 0.6) is 0 Å². The minimum atomic E-state index is -0.261. The number of rotatable bonds is 8. The minimum Gasteiger partial charge on any atom is -0.462 e. The van der Waals surface area contributed by atoms with Crippen molar-refractivity contribution >= 4 is 28.0 Å². The van der Waals surface area contributed by atoms with Crippen molar-refractivity contribution in [1.82, 2.24) is 0 Å². The van der Waals surface area contributed by atoms with Crippen molar-refractivity contribution in [3.05, 3.63) is 40.4 Å². The summed E-state index contributed by atoms with van der Waals surface area (Å²) < 4.78 is 6.33. The topological polar surface area (TPSA) is 26.3 Å². The zero-order valence-electron chi connectivity index (χ0n) is 12.3. The van der Waals surface area contributed by atoms with Gasteiger partial charge in [-0.15, -0.1) is 0 Å². The van der Waals surface area contributed by atoms with Gasteiger partial charge in [0, 0.05) is 10.5 Å². The molecule has 0 saturated carbocycles. The first-order valence-electron chi connectivity index (χ1n) is 7.26. The highest BCUT2D eigenvalue weighted by Crippen LogP contribution is 2.14. The Balaban J connectivity index is 2.37. The first-order valence-corrected chi connectivity index (χ1v) is 8.05. The molecule has 20 heavy (non-hydrogen) atoms. The monoisotopic (exact) mass is 338 g/mol. The van der Waals surface area contributed by atoms with Gasteiger partial charge in [0.1, 0.15) is 0 Å². The summed E-state index contributed by atoms with van der Waals surface area (Å²) in [6, 6.07) is 7.79. The van der Waals surface area contributed by atoms with Crippen LogP contribution in [-0.4, -0.2) is 12.6 Å². The van der Waals surface area contributed by atoms with Crippen molar-refractivity contribution in [3.8, 4) is 0 Å². The molecule has 0 heterocycles. The summed E-state index contributed by atoms with van der Waals surface area (Å²) in [6.07, 6.45) is 7.86. The average molecular weight is 339 g/mol. The highest BCUT2D eigenvalue weighted by atomic mass is 79.9. The first-order chi connectivity index (χ1) is 9.65. The molecular formula is C17H23BrO2. The van der Waals surface area contributed by atoms with E-state index in [1.807, 2.05) is 24.3 Å². The Bertz CT molecular complexity index is 423. The molecule has 1 atom stereocenters. The molecule has 0 aromatic heterocycles. The number of carbonyl (C=O) groups is 1. The molecule has 1 aromatic carbocycles. The van der Waals surface area contributed by atoms with Gasteiger partial charge in [0.15, 0.2) is 0 Å². The van der Waals surface area contributed by atoms with Crippen LogP contribution in [0.15, 0.2) is 34.8 Å². The van der Waals surface area contributed by atoms with Crippen molar-refractivity contribution in [2.24, 2.45) is 5.92 Å². The van der Waals surface area contributed by atoms with E-state index in [-0.39, 0.29) is 5.97 Å². The number of halogens is 1. The number of hydrogen-bond acceptors (Lipinski definition) is 2. The summed E-state index contributed by atoms with van der Waals surface area (Å²) in [5.41, 5.74) is 0.989. The molecule has 110 valence electrons. The number of benzene rings is 1. The van der Waals surface area contributed by atoms with E-state index in [1.54, 1.807) is 6.08 Å². The number of carbonyl (C=O) groups excluding carboxylic acids is 1. The largest absolute Gasteiger partial charge is 0.462 e. The summed E-state index contributed by atoms with van der Waals surface area (Å²) in [4.78, 5) is 11.7. The van der Waals surface area contributed by atoms with Crippen molar-refractivity contribution in [3.63, 3.8) is 0 Å². The first kappa shape index (κ1) is 17.0. The van der Waals surface area contributed by atoms with Crippen LogP contribution in [0, 0.1) is 5.92 Å². The molecule has 0 aliphatic rings. The lowest BCUT2D eigenvalue weighted by Gasteiger charge is -2.13. The zero-order chi connectivity index (χ0) is 14.8. The maximum absolute atomic E-state index is 11.7. The standard InChI is InChI=1S/C17H23BrO2/c1-3-5-6-14(4-2)13-20-17(19)12-9-15-7-10-16(18)11-8-15/h7-12,14H,3-6,13H2,1-2H3. The van der Waals surface area contributed by atoms with Crippen LogP contribution in [0.4, 0.5) is 0 Å². The van der Waals surface area contributed by atoms with Gasteiger partial charge in [-0.2, -0.15) is 0 Å². The zero-order valence-corrected chi connectivity index (χ0v) is 13.9. The van der Waals surface area contributed by atoms with Gasteiger partial charge in [-0.3, -0.25) is 0 Å². The molecule has 1 aromatic rings. The molecular weight excluding hydrogens is 316 g/mol. The van der Waals surface area contributed by atoms with Crippen LogP contribution in [0.3, 0.4) is 0 Å². The van der Waals surface area contributed by atoms with Gasteiger partial charge in [-0.05, 0) is 36.1 Å². The summed E-state index contributed by atoms with van der Waals surface area (Å²) in [5, 5.41) is 0. The van der Waals surface area contributed by atoms with E-state index >= 15 is 0 Å². The van der Waals surface area contributed by atoms with Crippen LogP contribution in [0.25, 0.3) is 6.08 Å².